The van der Waals surface area contributed by atoms with Crippen molar-refractivity contribution in [2.75, 3.05) is 0 Å². The van der Waals surface area contributed by atoms with Crippen LogP contribution in [0.1, 0.15) is 42.0 Å². The van der Waals surface area contributed by atoms with Gasteiger partial charge in [-0.2, -0.15) is 0 Å². The van der Waals surface area contributed by atoms with Gasteiger partial charge in [-0.05, 0) is 52.9 Å². The number of carbonyl (C=O) groups excluding carboxylic acids is 1. The van der Waals surface area contributed by atoms with Crippen molar-refractivity contribution in [3.05, 3.63) is 45.8 Å². The fourth-order valence-corrected chi connectivity index (χ4v) is 3.42. The molecule has 104 valence electrons. The van der Waals surface area contributed by atoms with Crippen molar-refractivity contribution < 1.29 is 4.79 Å². The van der Waals surface area contributed by atoms with E-state index in [4.69, 9.17) is 0 Å². The number of halogens is 1. The molecule has 3 rings (SSSR count). The number of Topliss-reactive ketones (excluding diaryl/α,β-unsaturated/α-hetero) is 1. The van der Waals surface area contributed by atoms with Gasteiger partial charge in [0.2, 0.25) is 0 Å². The van der Waals surface area contributed by atoms with Crippen molar-refractivity contribution in [3.8, 4) is 5.82 Å². The van der Waals surface area contributed by atoms with Gasteiger partial charge in [-0.25, -0.2) is 4.98 Å². The predicted octanol–water partition coefficient (Wildman–Crippen LogP) is 4.10. The lowest BCUT2D eigenvalue weighted by atomic mass is 9.76. The zero-order valence-electron chi connectivity index (χ0n) is 11.9. The van der Waals surface area contributed by atoms with E-state index in [1.54, 1.807) is 6.20 Å². The molecule has 0 amide bonds. The summed E-state index contributed by atoms with van der Waals surface area (Å²) in [6.45, 7) is 6.32. The van der Waals surface area contributed by atoms with Crippen LogP contribution in [0.2, 0.25) is 0 Å². The fraction of sp³-hybridized carbons (Fsp3) is 0.375. The molecule has 0 fully saturated rings. The van der Waals surface area contributed by atoms with Gasteiger partial charge in [0.05, 0.1) is 4.47 Å². The topological polar surface area (TPSA) is 34.9 Å². The van der Waals surface area contributed by atoms with Gasteiger partial charge in [0.25, 0.3) is 0 Å². The van der Waals surface area contributed by atoms with Crippen LogP contribution in [-0.4, -0.2) is 15.3 Å². The first-order valence-corrected chi connectivity index (χ1v) is 7.54. The Balaban J connectivity index is 2.24. The van der Waals surface area contributed by atoms with Gasteiger partial charge in [-0.15, -0.1) is 0 Å². The number of nitrogens with zero attached hydrogens (tertiary/aromatic N) is 2. The van der Waals surface area contributed by atoms with Gasteiger partial charge >= 0.3 is 0 Å². The van der Waals surface area contributed by atoms with Crippen LogP contribution in [0.15, 0.2) is 28.9 Å². The van der Waals surface area contributed by atoms with Gasteiger partial charge in [-0.3, -0.25) is 4.79 Å². The van der Waals surface area contributed by atoms with E-state index < -0.39 is 0 Å². The normalized spacial score (nSPS) is 17.1. The number of hydrogen-bond donors (Lipinski definition) is 0. The summed E-state index contributed by atoms with van der Waals surface area (Å²) < 4.78 is 3.05. The van der Waals surface area contributed by atoms with Crippen LogP contribution in [0.3, 0.4) is 0 Å². The molecule has 2 aromatic rings. The maximum absolute atomic E-state index is 12.3. The van der Waals surface area contributed by atoms with Crippen LogP contribution < -0.4 is 0 Å². The molecule has 4 heteroatoms. The van der Waals surface area contributed by atoms with Gasteiger partial charge in [0, 0.05) is 29.6 Å². The molecule has 0 atom stereocenters. The van der Waals surface area contributed by atoms with E-state index in [0.29, 0.717) is 6.42 Å². The summed E-state index contributed by atoms with van der Waals surface area (Å²) >= 11 is 3.56. The summed E-state index contributed by atoms with van der Waals surface area (Å²) in [5.74, 6) is 1.10. The Morgan fingerprint density at radius 2 is 2.10 bits per heavy atom. The first-order valence-electron chi connectivity index (χ1n) is 6.74. The summed E-state index contributed by atoms with van der Waals surface area (Å²) in [6, 6.07) is 5.87. The molecule has 3 nitrogen and oxygen atoms in total. The standard InChI is InChI=1S/C16H17BrN2O/c1-10-7-11-13(8-16(2,3)9-14(11)20)19(10)15-12(17)5-4-6-18-15/h4-7H,8-9H2,1-3H3. The minimum Gasteiger partial charge on any atom is -0.301 e. The maximum Gasteiger partial charge on any atom is 0.165 e. The minimum atomic E-state index is 0.00782. The number of fused-ring (bicyclic) bond motifs is 1. The lowest BCUT2D eigenvalue weighted by Crippen LogP contribution is -2.28. The van der Waals surface area contributed by atoms with E-state index in [1.165, 1.54) is 0 Å². The van der Waals surface area contributed by atoms with Gasteiger partial charge < -0.3 is 4.57 Å². The second-order valence-electron chi connectivity index (χ2n) is 6.23. The largest absolute Gasteiger partial charge is 0.301 e. The Morgan fingerprint density at radius 1 is 1.35 bits per heavy atom. The van der Waals surface area contributed by atoms with E-state index in [-0.39, 0.29) is 11.2 Å². The molecule has 2 aromatic heterocycles. The highest BCUT2D eigenvalue weighted by Gasteiger charge is 2.34. The number of aryl methyl sites for hydroxylation is 1. The summed E-state index contributed by atoms with van der Waals surface area (Å²) in [6.07, 6.45) is 3.29. The Morgan fingerprint density at radius 3 is 2.80 bits per heavy atom. The Bertz CT molecular complexity index is 700. The lowest BCUT2D eigenvalue weighted by Gasteiger charge is -2.29. The molecular formula is C16H17BrN2O. The minimum absolute atomic E-state index is 0.00782. The molecule has 0 spiro atoms. The molecule has 0 radical (unpaired) electrons. The summed E-state index contributed by atoms with van der Waals surface area (Å²) in [7, 11) is 0. The number of ketones is 1. The van der Waals surface area contributed by atoms with E-state index in [1.807, 2.05) is 25.1 Å². The van der Waals surface area contributed by atoms with Crippen molar-refractivity contribution in [3.63, 3.8) is 0 Å². The Labute approximate surface area is 127 Å². The van der Waals surface area contributed by atoms with Crippen molar-refractivity contribution in [2.24, 2.45) is 5.41 Å². The molecule has 20 heavy (non-hydrogen) atoms. The number of carbonyl (C=O) groups is 1. The summed E-state index contributed by atoms with van der Waals surface area (Å²) in [4.78, 5) is 16.8. The second-order valence-corrected chi connectivity index (χ2v) is 7.09. The van der Waals surface area contributed by atoms with Crippen LogP contribution in [0, 0.1) is 12.3 Å². The van der Waals surface area contributed by atoms with Gasteiger partial charge in [0.1, 0.15) is 0 Å². The number of pyridine rings is 1. The zero-order chi connectivity index (χ0) is 14.5. The van der Waals surface area contributed by atoms with E-state index >= 15 is 0 Å². The predicted molar refractivity (Wildman–Crippen MR) is 82.4 cm³/mol. The zero-order valence-corrected chi connectivity index (χ0v) is 13.5. The van der Waals surface area contributed by atoms with Crippen LogP contribution in [0.4, 0.5) is 0 Å². The van der Waals surface area contributed by atoms with Crippen LogP contribution >= 0.6 is 15.9 Å². The first-order chi connectivity index (χ1) is 9.39. The monoisotopic (exact) mass is 332 g/mol. The molecule has 1 aliphatic carbocycles. The van der Waals surface area contributed by atoms with Crippen LogP contribution in [-0.2, 0) is 6.42 Å². The van der Waals surface area contributed by atoms with Crippen LogP contribution in [0.25, 0.3) is 5.82 Å². The third-order valence-corrected chi connectivity index (χ3v) is 4.44. The highest BCUT2D eigenvalue weighted by molar-refractivity contribution is 9.10. The average Bonchev–Trinajstić information content (AvgIpc) is 2.66. The number of rotatable bonds is 1. The molecule has 0 bridgehead atoms. The van der Waals surface area contributed by atoms with Crippen molar-refractivity contribution in [2.45, 2.75) is 33.6 Å². The van der Waals surface area contributed by atoms with E-state index in [0.717, 1.165) is 33.7 Å². The number of aromatic nitrogens is 2. The highest BCUT2D eigenvalue weighted by atomic mass is 79.9. The first kappa shape index (κ1) is 13.6. The maximum atomic E-state index is 12.3. The third kappa shape index (κ3) is 2.12. The van der Waals surface area contributed by atoms with E-state index in [2.05, 4.69) is 39.3 Å². The summed E-state index contributed by atoms with van der Waals surface area (Å²) in [5.41, 5.74) is 3.01. The lowest BCUT2D eigenvalue weighted by molar-refractivity contribution is 0.0911. The molecular weight excluding hydrogens is 316 g/mol. The molecule has 0 unspecified atom stereocenters. The fourth-order valence-electron chi connectivity index (χ4n) is 2.99. The number of hydrogen-bond acceptors (Lipinski definition) is 2. The van der Waals surface area contributed by atoms with E-state index in [9.17, 15) is 4.79 Å². The molecule has 0 aromatic carbocycles. The Hall–Kier alpha value is -1.42. The third-order valence-electron chi connectivity index (χ3n) is 3.82. The molecule has 1 aliphatic rings. The molecule has 2 heterocycles. The average molecular weight is 333 g/mol. The molecule has 0 N–H and O–H groups in total. The van der Waals surface area contributed by atoms with Crippen molar-refractivity contribution >= 4 is 21.7 Å². The van der Waals surface area contributed by atoms with Crippen molar-refractivity contribution in [1.82, 2.24) is 9.55 Å². The van der Waals surface area contributed by atoms with Crippen molar-refractivity contribution in [1.29, 1.82) is 0 Å². The quantitative estimate of drug-likeness (QED) is 0.788. The van der Waals surface area contributed by atoms with Gasteiger partial charge in [-0.1, -0.05) is 13.8 Å². The molecule has 0 saturated carbocycles. The molecule has 0 saturated heterocycles. The summed E-state index contributed by atoms with van der Waals surface area (Å²) in [5, 5.41) is 0. The molecule has 0 aliphatic heterocycles. The Kier molecular flexibility index (Phi) is 3.09. The van der Waals surface area contributed by atoms with Crippen LogP contribution in [0.5, 0.6) is 0 Å². The SMILES string of the molecule is Cc1cc2c(n1-c1ncccc1Br)CC(C)(C)CC2=O. The van der Waals surface area contributed by atoms with Gasteiger partial charge in [0.15, 0.2) is 11.6 Å². The second kappa shape index (κ2) is 4.55. The highest BCUT2D eigenvalue weighted by Crippen LogP contribution is 2.38. The smallest absolute Gasteiger partial charge is 0.165 e.